The van der Waals surface area contributed by atoms with E-state index in [-0.39, 0.29) is 34.5 Å². The molecule has 1 N–H and O–H groups in total. The number of alkyl halides is 2. The van der Waals surface area contributed by atoms with Gasteiger partial charge in [0.2, 0.25) is 0 Å². The van der Waals surface area contributed by atoms with Crippen LogP contribution in [0.2, 0.25) is 0 Å². The van der Waals surface area contributed by atoms with Gasteiger partial charge in [0.25, 0.3) is 11.8 Å². The molecule has 0 aliphatic carbocycles. The van der Waals surface area contributed by atoms with Gasteiger partial charge in [-0.1, -0.05) is 24.3 Å². The number of halogens is 3. The molecule has 0 bridgehead atoms. The molecule has 4 heterocycles. The second-order valence-electron chi connectivity index (χ2n) is 12.9. The largest absolute Gasteiger partial charge is 0.508 e. The van der Waals surface area contributed by atoms with Crippen LogP contribution in [0.1, 0.15) is 44.1 Å². The van der Waals surface area contributed by atoms with E-state index in [1.807, 2.05) is 23.1 Å². The van der Waals surface area contributed by atoms with Gasteiger partial charge in [-0.15, -0.1) is 0 Å². The van der Waals surface area contributed by atoms with Crippen LogP contribution in [0.4, 0.5) is 24.5 Å². The highest BCUT2D eigenvalue weighted by atomic mass is 19.3. The quantitative estimate of drug-likeness (QED) is 0.204. The Morgan fingerprint density at radius 2 is 1.71 bits per heavy atom. The number of carbonyl (C=O) groups excluding carboxylic acids is 2. The van der Waals surface area contributed by atoms with Crippen molar-refractivity contribution in [3.05, 3.63) is 119 Å². The van der Waals surface area contributed by atoms with Crippen molar-refractivity contribution < 1.29 is 32.6 Å². The van der Waals surface area contributed by atoms with E-state index in [9.17, 15) is 23.5 Å². The van der Waals surface area contributed by atoms with Crippen LogP contribution in [0.15, 0.2) is 85.2 Å². The molecule has 2 aliphatic rings. The molecule has 1 saturated heterocycles. The molecule has 5 aromatic rings. The van der Waals surface area contributed by atoms with Crippen LogP contribution in [-0.4, -0.2) is 80.0 Å². The van der Waals surface area contributed by atoms with Crippen molar-refractivity contribution in [2.45, 2.75) is 32.5 Å². The fourth-order valence-corrected chi connectivity index (χ4v) is 6.97. The molecule has 1 atom stereocenters. The van der Waals surface area contributed by atoms with Crippen LogP contribution >= 0.6 is 0 Å². The van der Waals surface area contributed by atoms with Crippen molar-refractivity contribution in [1.82, 2.24) is 24.1 Å². The Bertz CT molecular complexity index is 2070. The summed E-state index contributed by atoms with van der Waals surface area (Å²) in [4.78, 5) is 34.4. The SMILES string of the molecule is Cc1c(C(=O)N(c2ccc(O)cc2)c2cnn(C(F)F)c2)cc(-c2cc(F)ccc2C(=O)N2Cc3ccccc3C[C@H]2CN2CCOCC2)n1C. The van der Waals surface area contributed by atoms with Crippen LogP contribution in [0.25, 0.3) is 11.3 Å². The Morgan fingerprint density at radius 1 is 0.980 bits per heavy atom. The molecule has 0 saturated carbocycles. The van der Waals surface area contributed by atoms with Crippen LogP contribution in [-0.2, 0) is 24.8 Å². The molecular formula is C38H37F3N6O4. The maximum absolute atomic E-state index is 15.1. The zero-order chi connectivity index (χ0) is 35.8. The highest BCUT2D eigenvalue weighted by Gasteiger charge is 2.34. The molecule has 0 spiro atoms. The summed E-state index contributed by atoms with van der Waals surface area (Å²) < 4.78 is 49.8. The average Bonchev–Trinajstić information content (AvgIpc) is 3.74. The predicted molar refractivity (Wildman–Crippen MR) is 185 cm³/mol. The van der Waals surface area contributed by atoms with Crippen molar-refractivity contribution >= 4 is 23.2 Å². The first-order valence-corrected chi connectivity index (χ1v) is 16.7. The van der Waals surface area contributed by atoms with Gasteiger partial charge in [-0.05, 0) is 73.0 Å². The van der Waals surface area contributed by atoms with Crippen molar-refractivity contribution in [2.75, 3.05) is 37.7 Å². The monoisotopic (exact) mass is 698 g/mol. The van der Waals surface area contributed by atoms with Crippen LogP contribution in [0.3, 0.4) is 0 Å². The summed E-state index contributed by atoms with van der Waals surface area (Å²) >= 11 is 0. The highest BCUT2D eigenvalue weighted by Crippen LogP contribution is 2.35. The van der Waals surface area contributed by atoms with Gasteiger partial charge >= 0.3 is 6.55 Å². The van der Waals surface area contributed by atoms with Crippen molar-refractivity contribution in [2.24, 2.45) is 7.05 Å². The molecule has 7 rings (SSSR count). The van der Waals surface area contributed by atoms with E-state index >= 15 is 4.39 Å². The number of carbonyl (C=O) groups is 2. The fraction of sp³-hybridized carbons (Fsp3) is 0.289. The second-order valence-corrected chi connectivity index (χ2v) is 12.9. The van der Waals surface area contributed by atoms with E-state index in [4.69, 9.17) is 4.74 Å². The van der Waals surface area contributed by atoms with Gasteiger partial charge in [-0.3, -0.25) is 19.4 Å². The van der Waals surface area contributed by atoms with E-state index in [0.717, 1.165) is 31.0 Å². The number of rotatable bonds is 8. The first kappa shape index (κ1) is 34.1. The number of phenolic OH excluding ortho intramolecular Hbond substituents is 1. The Balaban J connectivity index is 1.27. The van der Waals surface area contributed by atoms with Crippen molar-refractivity contribution in [3.8, 4) is 17.0 Å². The molecule has 2 aromatic heterocycles. The number of benzene rings is 3. The first-order valence-electron chi connectivity index (χ1n) is 16.7. The second kappa shape index (κ2) is 14.1. The molecule has 2 amide bonds. The normalized spacial score (nSPS) is 16.4. The molecular weight excluding hydrogens is 661 g/mol. The number of phenols is 1. The topological polar surface area (TPSA) is 96.1 Å². The van der Waals surface area contributed by atoms with Gasteiger partial charge in [0, 0.05) is 67.5 Å². The van der Waals surface area contributed by atoms with Crippen LogP contribution < -0.4 is 4.90 Å². The predicted octanol–water partition coefficient (Wildman–Crippen LogP) is 6.31. The van der Waals surface area contributed by atoms with Gasteiger partial charge in [0.15, 0.2) is 0 Å². The number of nitrogens with zero attached hydrogens (tertiary/aromatic N) is 6. The van der Waals surface area contributed by atoms with Gasteiger partial charge in [-0.25, -0.2) is 9.07 Å². The molecule has 51 heavy (non-hydrogen) atoms. The summed E-state index contributed by atoms with van der Waals surface area (Å²) in [5, 5.41) is 13.6. The first-order chi connectivity index (χ1) is 24.6. The summed E-state index contributed by atoms with van der Waals surface area (Å²) in [6.45, 7) is 2.65. The lowest BCUT2D eigenvalue weighted by molar-refractivity contribution is 0.0193. The van der Waals surface area contributed by atoms with E-state index in [0.29, 0.717) is 60.0 Å². The Morgan fingerprint density at radius 3 is 2.41 bits per heavy atom. The van der Waals surface area contributed by atoms with Crippen LogP contribution in [0, 0.1) is 12.7 Å². The van der Waals surface area contributed by atoms with Gasteiger partial charge in [-0.2, -0.15) is 13.9 Å². The summed E-state index contributed by atoms with van der Waals surface area (Å²) in [5.74, 6) is -1.42. The van der Waals surface area contributed by atoms with Crippen molar-refractivity contribution in [3.63, 3.8) is 0 Å². The minimum Gasteiger partial charge on any atom is -0.508 e. The minimum atomic E-state index is -2.92. The maximum atomic E-state index is 15.1. The molecule has 3 aromatic carbocycles. The smallest absolute Gasteiger partial charge is 0.333 e. The molecule has 10 nitrogen and oxygen atoms in total. The number of hydrogen-bond acceptors (Lipinski definition) is 6. The number of anilines is 2. The zero-order valence-electron chi connectivity index (χ0n) is 28.2. The highest BCUT2D eigenvalue weighted by molar-refractivity contribution is 6.12. The molecule has 13 heteroatoms. The molecule has 264 valence electrons. The number of ether oxygens (including phenoxy) is 1. The third-order valence-corrected chi connectivity index (χ3v) is 9.80. The molecule has 0 unspecified atom stereocenters. The summed E-state index contributed by atoms with van der Waals surface area (Å²) in [6, 6.07) is 19.3. The minimum absolute atomic E-state index is 0.0414. The van der Waals surface area contributed by atoms with E-state index in [1.54, 1.807) is 24.6 Å². The van der Waals surface area contributed by atoms with Gasteiger partial charge in [0.1, 0.15) is 11.6 Å². The number of amides is 2. The Labute approximate surface area is 292 Å². The lowest BCUT2D eigenvalue weighted by atomic mass is 9.92. The Kier molecular flexibility index (Phi) is 9.40. The fourth-order valence-electron chi connectivity index (χ4n) is 6.97. The summed E-state index contributed by atoms with van der Waals surface area (Å²) in [6.07, 6.45) is 2.89. The van der Waals surface area contributed by atoms with E-state index in [1.165, 1.54) is 52.9 Å². The van der Waals surface area contributed by atoms with Crippen LogP contribution in [0.5, 0.6) is 5.75 Å². The summed E-state index contributed by atoms with van der Waals surface area (Å²) in [5.41, 5.74) is 4.35. The van der Waals surface area contributed by atoms with Gasteiger partial charge < -0.3 is 19.3 Å². The van der Waals surface area contributed by atoms with E-state index in [2.05, 4.69) is 16.1 Å². The standard InChI is InChI=1S/C38H37F3N6O4/c1-24-33(37(50)47(28-8-10-31(48)11-9-28)30-20-42-46(23-30)38(40)41)19-35(43(24)2)34-18-27(39)7-12-32(34)36(49)45-21-26-6-4-3-5-25(26)17-29(45)22-44-13-15-51-16-14-44/h3-12,18-20,23,29,38,48H,13-17,21-22H2,1-2H3/t29-/m0/s1. The Hall–Kier alpha value is -5.40. The van der Waals surface area contributed by atoms with E-state index < -0.39 is 18.3 Å². The summed E-state index contributed by atoms with van der Waals surface area (Å²) in [7, 11) is 1.72. The maximum Gasteiger partial charge on any atom is 0.333 e. The lowest BCUT2D eigenvalue weighted by Crippen LogP contribution is -2.52. The molecule has 0 radical (unpaired) electrons. The third kappa shape index (κ3) is 6.74. The zero-order valence-corrected chi connectivity index (χ0v) is 28.2. The lowest BCUT2D eigenvalue weighted by Gasteiger charge is -2.40. The number of aromatic nitrogens is 3. The molecule has 1 fully saturated rings. The molecule has 2 aliphatic heterocycles. The average molecular weight is 699 g/mol. The third-order valence-electron chi connectivity index (χ3n) is 9.80. The number of fused-ring (bicyclic) bond motifs is 1. The number of hydrogen-bond donors (Lipinski definition) is 1. The number of morpholine rings is 1. The van der Waals surface area contributed by atoms with Gasteiger partial charge in [0.05, 0.1) is 36.9 Å². The van der Waals surface area contributed by atoms with Crippen molar-refractivity contribution in [1.29, 1.82) is 0 Å². The number of aromatic hydroxyl groups is 1.